The molecule has 5 heteroatoms. The van der Waals surface area contributed by atoms with Gasteiger partial charge in [0.25, 0.3) is 0 Å². The maximum Gasteiger partial charge on any atom is 0.113 e. The number of aromatic nitrogens is 3. The molecule has 0 bridgehead atoms. The van der Waals surface area contributed by atoms with Gasteiger partial charge in [0.2, 0.25) is 0 Å². The lowest BCUT2D eigenvalue weighted by atomic mass is 10.1. The molecule has 96 valence electrons. The Hall–Kier alpha value is -1.91. The van der Waals surface area contributed by atoms with Crippen LogP contribution in [0.5, 0.6) is 0 Å². The number of hydrogen-bond acceptors (Lipinski definition) is 3. The minimum atomic E-state index is 0.684. The Labute approximate surface area is 116 Å². The summed E-state index contributed by atoms with van der Waals surface area (Å²) >= 11 is 6.27. The second kappa shape index (κ2) is 4.99. The summed E-state index contributed by atoms with van der Waals surface area (Å²) in [5, 5.41) is 12.3. The monoisotopic (exact) mass is 272 g/mol. The van der Waals surface area contributed by atoms with Gasteiger partial charge in [-0.2, -0.15) is 0 Å². The molecule has 1 N–H and O–H groups in total. The number of rotatable bonds is 3. The van der Waals surface area contributed by atoms with Gasteiger partial charge >= 0.3 is 0 Å². The summed E-state index contributed by atoms with van der Waals surface area (Å²) < 4.78 is 1.83. The fourth-order valence-corrected chi connectivity index (χ4v) is 2.38. The van der Waals surface area contributed by atoms with Crippen molar-refractivity contribution in [2.45, 2.75) is 6.54 Å². The fourth-order valence-electron chi connectivity index (χ4n) is 2.14. The molecule has 2 aromatic carbocycles. The molecule has 0 amide bonds. The highest BCUT2D eigenvalue weighted by Gasteiger charge is 2.12. The Morgan fingerprint density at radius 3 is 2.84 bits per heavy atom. The van der Waals surface area contributed by atoms with Crippen LogP contribution in [0, 0.1) is 0 Å². The minimum Gasteiger partial charge on any atom is -0.316 e. The van der Waals surface area contributed by atoms with E-state index in [0.717, 1.165) is 27.3 Å². The molecule has 0 fully saturated rings. The lowest BCUT2D eigenvalue weighted by Crippen LogP contribution is -2.10. The van der Waals surface area contributed by atoms with Crippen LogP contribution >= 0.6 is 11.6 Å². The molecule has 0 aliphatic rings. The zero-order valence-corrected chi connectivity index (χ0v) is 11.2. The highest BCUT2D eigenvalue weighted by Crippen LogP contribution is 2.25. The van der Waals surface area contributed by atoms with Crippen molar-refractivity contribution >= 4 is 22.6 Å². The van der Waals surface area contributed by atoms with Crippen LogP contribution in [0.15, 0.2) is 42.5 Å². The minimum absolute atomic E-state index is 0.684. The van der Waals surface area contributed by atoms with E-state index in [2.05, 4.69) is 15.6 Å². The van der Waals surface area contributed by atoms with Crippen molar-refractivity contribution in [2.24, 2.45) is 0 Å². The first-order valence-electron chi connectivity index (χ1n) is 6.04. The number of nitrogens with one attached hydrogen (secondary N) is 1. The third-order valence-electron chi connectivity index (χ3n) is 3.03. The molecule has 3 aromatic rings. The normalized spacial score (nSPS) is 11.1. The van der Waals surface area contributed by atoms with E-state index in [1.165, 1.54) is 0 Å². The van der Waals surface area contributed by atoms with Crippen LogP contribution in [0.25, 0.3) is 16.7 Å². The Bertz CT molecular complexity index is 720. The van der Waals surface area contributed by atoms with Crippen molar-refractivity contribution in [1.29, 1.82) is 0 Å². The second-order valence-corrected chi connectivity index (χ2v) is 4.67. The average Bonchev–Trinajstić information content (AvgIpc) is 2.85. The van der Waals surface area contributed by atoms with Gasteiger partial charge in [-0.25, -0.2) is 4.68 Å². The molecule has 0 unspecified atom stereocenters. The van der Waals surface area contributed by atoms with Crippen LogP contribution in [0.2, 0.25) is 5.02 Å². The van der Waals surface area contributed by atoms with Crippen molar-refractivity contribution in [1.82, 2.24) is 20.3 Å². The van der Waals surface area contributed by atoms with Gasteiger partial charge in [0.1, 0.15) is 5.52 Å². The first kappa shape index (κ1) is 12.1. The Morgan fingerprint density at radius 2 is 2.00 bits per heavy atom. The van der Waals surface area contributed by atoms with Crippen molar-refractivity contribution < 1.29 is 0 Å². The molecular weight excluding hydrogens is 260 g/mol. The smallest absolute Gasteiger partial charge is 0.113 e. The Kier molecular flexibility index (Phi) is 3.19. The van der Waals surface area contributed by atoms with Gasteiger partial charge in [0.15, 0.2) is 0 Å². The SMILES string of the molecule is CNCc1c(Cl)cccc1-n1nnc2ccccc21. The molecule has 1 aromatic heterocycles. The molecule has 0 saturated carbocycles. The van der Waals surface area contributed by atoms with E-state index in [0.29, 0.717) is 6.54 Å². The molecule has 0 radical (unpaired) electrons. The highest BCUT2D eigenvalue weighted by molar-refractivity contribution is 6.31. The van der Waals surface area contributed by atoms with Crippen molar-refractivity contribution in [3.05, 3.63) is 53.1 Å². The standard InChI is InChI=1S/C14H13ClN4/c1-16-9-10-11(15)5-4-8-13(10)19-14-7-3-2-6-12(14)17-18-19/h2-8,16H,9H2,1H3. The largest absolute Gasteiger partial charge is 0.316 e. The van der Waals surface area contributed by atoms with E-state index >= 15 is 0 Å². The van der Waals surface area contributed by atoms with E-state index in [9.17, 15) is 0 Å². The van der Waals surface area contributed by atoms with Crippen LogP contribution in [0.3, 0.4) is 0 Å². The summed E-state index contributed by atoms with van der Waals surface area (Å²) in [6.07, 6.45) is 0. The highest BCUT2D eigenvalue weighted by atomic mass is 35.5. The molecule has 1 heterocycles. The average molecular weight is 273 g/mol. The maximum atomic E-state index is 6.27. The first-order chi connectivity index (χ1) is 9.31. The van der Waals surface area contributed by atoms with E-state index in [-0.39, 0.29) is 0 Å². The molecule has 4 nitrogen and oxygen atoms in total. The molecule has 0 aliphatic heterocycles. The summed E-state index contributed by atoms with van der Waals surface area (Å²) in [4.78, 5) is 0. The molecule has 19 heavy (non-hydrogen) atoms. The predicted molar refractivity (Wildman–Crippen MR) is 76.6 cm³/mol. The molecule has 0 saturated heterocycles. The topological polar surface area (TPSA) is 42.7 Å². The molecule has 0 atom stereocenters. The van der Waals surface area contributed by atoms with Gasteiger partial charge in [-0.05, 0) is 31.3 Å². The zero-order chi connectivity index (χ0) is 13.2. The quantitative estimate of drug-likeness (QED) is 0.797. The summed E-state index contributed by atoms with van der Waals surface area (Å²) in [5.74, 6) is 0. The number of benzene rings is 2. The first-order valence-corrected chi connectivity index (χ1v) is 6.42. The van der Waals surface area contributed by atoms with Crippen LogP contribution in [-0.4, -0.2) is 22.0 Å². The van der Waals surface area contributed by atoms with Crippen LogP contribution in [0.4, 0.5) is 0 Å². The van der Waals surface area contributed by atoms with Gasteiger partial charge in [-0.3, -0.25) is 0 Å². The number of hydrogen-bond donors (Lipinski definition) is 1. The Morgan fingerprint density at radius 1 is 1.16 bits per heavy atom. The fraction of sp³-hybridized carbons (Fsp3) is 0.143. The van der Waals surface area contributed by atoms with Crippen molar-refractivity contribution in [3.8, 4) is 5.69 Å². The number of nitrogens with zero attached hydrogens (tertiary/aromatic N) is 3. The third kappa shape index (κ3) is 2.09. The van der Waals surface area contributed by atoms with Crippen LogP contribution < -0.4 is 5.32 Å². The zero-order valence-electron chi connectivity index (χ0n) is 10.5. The third-order valence-corrected chi connectivity index (χ3v) is 3.38. The van der Waals surface area contributed by atoms with Crippen LogP contribution in [0.1, 0.15) is 5.56 Å². The summed E-state index contributed by atoms with van der Waals surface area (Å²) in [6, 6.07) is 13.7. The number of halogens is 1. The predicted octanol–water partition coefficient (Wildman–Crippen LogP) is 2.79. The maximum absolute atomic E-state index is 6.27. The number of para-hydroxylation sites is 1. The summed E-state index contributed by atoms with van der Waals surface area (Å²) in [7, 11) is 1.90. The van der Waals surface area contributed by atoms with E-state index in [1.54, 1.807) is 0 Å². The van der Waals surface area contributed by atoms with Gasteiger partial charge in [-0.15, -0.1) is 5.10 Å². The molecular formula is C14H13ClN4. The lowest BCUT2D eigenvalue weighted by molar-refractivity contribution is 0.775. The van der Waals surface area contributed by atoms with E-state index < -0.39 is 0 Å². The van der Waals surface area contributed by atoms with Gasteiger partial charge in [0.05, 0.1) is 11.2 Å². The van der Waals surface area contributed by atoms with E-state index in [1.807, 2.05) is 54.2 Å². The molecule has 0 aliphatic carbocycles. The van der Waals surface area contributed by atoms with Crippen LogP contribution in [-0.2, 0) is 6.54 Å². The molecule has 3 rings (SSSR count). The lowest BCUT2D eigenvalue weighted by Gasteiger charge is -2.11. The summed E-state index contributed by atoms with van der Waals surface area (Å²) in [5.41, 5.74) is 3.82. The van der Waals surface area contributed by atoms with Gasteiger partial charge < -0.3 is 5.32 Å². The summed E-state index contributed by atoms with van der Waals surface area (Å²) in [6.45, 7) is 0.684. The van der Waals surface area contributed by atoms with Crippen molar-refractivity contribution in [3.63, 3.8) is 0 Å². The van der Waals surface area contributed by atoms with Gasteiger partial charge in [-0.1, -0.05) is 35.0 Å². The molecule has 0 spiro atoms. The van der Waals surface area contributed by atoms with E-state index in [4.69, 9.17) is 11.6 Å². The van der Waals surface area contributed by atoms with Crippen molar-refractivity contribution in [2.75, 3.05) is 7.05 Å². The second-order valence-electron chi connectivity index (χ2n) is 4.26. The van der Waals surface area contributed by atoms with Gasteiger partial charge in [0, 0.05) is 17.1 Å². The number of fused-ring (bicyclic) bond motifs is 1. The Balaban J connectivity index is 2.24.